The van der Waals surface area contributed by atoms with Crippen molar-refractivity contribution in [2.45, 2.75) is 31.8 Å². The van der Waals surface area contributed by atoms with E-state index in [2.05, 4.69) is 22.8 Å². The Bertz CT molecular complexity index is 783. The Balaban J connectivity index is 1.53. The Hall–Kier alpha value is -2.88. The molecule has 2 amide bonds. The van der Waals surface area contributed by atoms with E-state index in [0.29, 0.717) is 0 Å². The normalized spacial score (nSPS) is 17.1. The zero-order valence-electron chi connectivity index (χ0n) is 14.2. The molecule has 0 heterocycles. The van der Waals surface area contributed by atoms with Gasteiger partial charge in [0.2, 0.25) is 11.8 Å². The van der Waals surface area contributed by atoms with Crippen LogP contribution in [0, 0.1) is 0 Å². The number of rotatable bonds is 5. The van der Waals surface area contributed by atoms with Crippen LogP contribution in [0.1, 0.15) is 36.1 Å². The second-order valence-electron chi connectivity index (χ2n) is 6.27. The van der Waals surface area contributed by atoms with Crippen LogP contribution in [-0.2, 0) is 16.0 Å². The number of benzene rings is 2. The molecule has 0 aromatic heterocycles. The fourth-order valence-electron chi connectivity index (χ4n) is 3.07. The first-order valence-electron chi connectivity index (χ1n) is 8.55. The minimum atomic E-state index is -0.583. The smallest absolute Gasteiger partial charge is 0.244 e. The zero-order chi connectivity index (χ0) is 17.6. The van der Waals surface area contributed by atoms with Crippen molar-refractivity contribution in [3.8, 4) is 0 Å². The van der Waals surface area contributed by atoms with E-state index in [1.165, 1.54) is 17.2 Å². The molecule has 2 unspecified atom stereocenters. The van der Waals surface area contributed by atoms with Crippen molar-refractivity contribution in [3.63, 3.8) is 0 Å². The molecule has 128 valence electrons. The molecule has 2 aromatic carbocycles. The first-order chi connectivity index (χ1) is 12.1. The van der Waals surface area contributed by atoms with Crippen molar-refractivity contribution in [2.75, 3.05) is 0 Å². The molecule has 0 aliphatic heterocycles. The summed E-state index contributed by atoms with van der Waals surface area (Å²) in [6, 6.07) is 17.2. The second kappa shape index (κ2) is 7.79. The van der Waals surface area contributed by atoms with Crippen LogP contribution in [0.15, 0.2) is 60.7 Å². The first-order valence-corrected chi connectivity index (χ1v) is 8.55. The highest BCUT2D eigenvalue weighted by Crippen LogP contribution is 2.30. The third-order valence-electron chi connectivity index (χ3n) is 4.43. The standard InChI is InChI=1S/C21H22N2O2/c1-15(22-20(24)14-11-16-7-3-2-4-8-16)21(25)23-19-13-12-17-9-5-6-10-18(17)19/h2-11,14-15,19H,12-13H2,1H3,(H,22,24)(H,23,25)/b14-11+. The van der Waals surface area contributed by atoms with Crippen LogP contribution < -0.4 is 10.6 Å². The highest BCUT2D eigenvalue weighted by molar-refractivity contribution is 5.95. The van der Waals surface area contributed by atoms with Crippen molar-refractivity contribution in [1.82, 2.24) is 10.6 Å². The number of carbonyl (C=O) groups excluding carboxylic acids is 2. The average Bonchev–Trinajstić information content (AvgIpc) is 3.04. The van der Waals surface area contributed by atoms with Gasteiger partial charge in [-0.1, -0.05) is 54.6 Å². The van der Waals surface area contributed by atoms with Gasteiger partial charge in [0.15, 0.2) is 0 Å². The van der Waals surface area contributed by atoms with Crippen molar-refractivity contribution in [2.24, 2.45) is 0 Å². The van der Waals surface area contributed by atoms with Gasteiger partial charge in [-0.3, -0.25) is 9.59 Å². The summed E-state index contributed by atoms with van der Waals surface area (Å²) in [5, 5.41) is 5.75. The summed E-state index contributed by atoms with van der Waals surface area (Å²) in [4.78, 5) is 24.4. The number of aryl methyl sites for hydroxylation is 1. The van der Waals surface area contributed by atoms with Crippen LogP contribution in [0.4, 0.5) is 0 Å². The summed E-state index contributed by atoms with van der Waals surface area (Å²) in [5.74, 6) is -0.443. The largest absolute Gasteiger partial charge is 0.348 e. The molecule has 25 heavy (non-hydrogen) atoms. The lowest BCUT2D eigenvalue weighted by Gasteiger charge is -2.18. The number of hydrogen-bond acceptors (Lipinski definition) is 2. The van der Waals surface area contributed by atoms with Gasteiger partial charge in [0.05, 0.1) is 6.04 Å². The lowest BCUT2D eigenvalue weighted by atomic mass is 10.1. The summed E-state index contributed by atoms with van der Waals surface area (Å²) < 4.78 is 0. The van der Waals surface area contributed by atoms with E-state index in [-0.39, 0.29) is 17.9 Å². The fourth-order valence-corrected chi connectivity index (χ4v) is 3.07. The van der Waals surface area contributed by atoms with Gasteiger partial charge in [-0.2, -0.15) is 0 Å². The van der Waals surface area contributed by atoms with E-state index in [9.17, 15) is 9.59 Å². The second-order valence-corrected chi connectivity index (χ2v) is 6.27. The lowest BCUT2D eigenvalue weighted by molar-refractivity contribution is -0.127. The van der Waals surface area contributed by atoms with E-state index in [0.717, 1.165) is 18.4 Å². The van der Waals surface area contributed by atoms with Gasteiger partial charge < -0.3 is 10.6 Å². The topological polar surface area (TPSA) is 58.2 Å². The molecule has 2 aromatic rings. The summed E-state index contributed by atoms with van der Waals surface area (Å²) in [7, 11) is 0. The average molecular weight is 334 g/mol. The number of hydrogen-bond donors (Lipinski definition) is 2. The summed E-state index contributed by atoms with van der Waals surface area (Å²) >= 11 is 0. The maximum absolute atomic E-state index is 12.4. The zero-order valence-corrected chi connectivity index (χ0v) is 14.2. The van der Waals surface area contributed by atoms with Gasteiger partial charge in [-0.05, 0) is 42.5 Å². The molecular formula is C21H22N2O2. The van der Waals surface area contributed by atoms with Crippen LogP contribution in [0.25, 0.3) is 6.08 Å². The van der Waals surface area contributed by atoms with Crippen molar-refractivity contribution >= 4 is 17.9 Å². The molecule has 0 spiro atoms. The summed E-state index contributed by atoms with van der Waals surface area (Å²) in [5.41, 5.74) is 3.41. The Morgan fingerprint density at radius 2 is 1.80 bits per heavy atom. The van der Waals surface area contributed by atoms with E-state index in [1.807, 2.05) is 42.5 Å². The monoisotopic (exact) mass is 334 g/mol. The number of carbonyl (C=O) groups is 2. The van der Waals surface area contributed by atoms with Gasteiger partial charge >= 0.3 is 0 Å². The molecule has 0 saturated carbocycles. The molecule has 0 fully saturated rings. The molecule has 0 radical (unpaired) electrons. The summed E-state index contributed by atoms with van der Waals surface area (Å²) in [6.45, 7) is 1.70. The molecule has 2 atom stereocenters. The summed E-state index contributed by atoms with van der Waals surface area (Å²) in [6.07, 6.45) is 5.05. The highest BCUT2D eigenvalue weighted by Gasteiger charge is 2.25. The third kappa shape index (κ3) is 4.35. The van der Waals surface area contributed by atoms with Crippen LogP contribution in [0.3, 0.4) is 0 Å². The van der Waals surface area contributed by atoms with Crippen molar-refractivity contribution < 1.29 is 9.59 Å². The van der Waals surface area contributed by atoms with Crippen LogP contribution in [-0.4, -0.2) is 17.9 Å². The predicted octanol–water partition coefficient (Wildman–Crippen LogP) is 3.01. The molecule has 1 aliphatic rings. The van der Waals surface area contributed by atoms with E-state index in [4.69, 9.17) is 0 Å². The van der Waals surface area contributed by atoms with E-state index in [1.54, 1.807) is 13.0 Å². The van der Waals surface area contributed by atoms with Crippen molar-refractivity contribution in [1.29, 1.82) is 0 Å². The molecule has 0 bridgehead atoms. The van der Waals surface area contributed by atoms with Crippen LogP contribution in [0.2, 0.25) is 0 Å². The highest BCUT2D eigenvalue weighted by atomic mass is 16.2. The third-order valence-corrected chi connectivity index (χ3v) is 4.43. The van der Waals surface area contributed by atoms with Gasteiger partial charge in [0, 0.05) is 6.08 Å². The van der Waals surface area contributed by atoms with Gasteiger partial charge in [-0.15, -0.1) is 0 Å². The SMILES string of the molecule is CC(NC(=O)/C=C/c1ccccc1)C(=O)NC1CCc2ccccc21. The Morgan fingerprint density at radius 3 is 2.60 bits per heavy atom. The first kappa shape index (κ1) is 17.0. The Labute approximate surface area is 148 Å². The number of nitrogens with one attached hydrogen (secondary N) is 2. The van der Waals surface area contributed by atoms with Gasteiger partial charge in [0.25, 0.3) is 0 Å². The molecule has 4 heteroatoms. The van der Waals surface area contributed by atoms with E-state index >= 15 is 0 Å². The number of fused-ring (bicyclic) bond motifs is 1. The molecule has 0 saturated heterocycles. The molecule has 2 N–H and O–H groups in total. The maximum Gasteiger partial charge on any atom is 0.244 e. The molecule has 1 aliphatic carbocycles. The molecule has 4 nitrogen and oxygen atoms in total. The van der Waals surface area contributed by atoms with Crippen LogP contribution >= 0.6 is 0 Å². The quantitative estimate of drug-likeness (QED) is 0.826. The predicted molar refractivity (Wildman–Crippen MR) is 98.7 cm³/mol. The molecule has 3 rings (SSSR count). The van der Waals surface area contributed by atoms with Gasteiger partial charge in [-0.25, -0.2) is 0 Å². The van der Waals surface area contributed by atoms with E-state index < -0.39 is 6.04 Å². The van der Waals surface area contributed by atoms with Gasteiger partial charge in [0.1, 0.15) is 6.04 Å². The Kier molecular flexibility index (Phi) is 5.29. The molecular weight excluding hydrogens is 312 g/mol. The fraction of sp³-hybridized carbons (Fsp3) is 0.238. The maximum atomic E-state index is 12.4. The van der Waals surface area contributed by atoms with Crippen LogP contribution in [0.5, 0.6) is 0 Å². The Morgan fingerprint density at radius 1 is 1.08 bits per heavy atom. The van der Waals surface area contributed by atoms with Crippen molar-refractivity contribution in [3.05, 3.63) is 77.4 Å². The minimum Gasteiger partial charge on any atom is -0.348 e. The minimum absolute atomic E-state index is 0.0305. The number of amides is 2. The lowest BCUT2D eigenvalue weighted by Crippen LogP contribution is -2.45.